The molecule has 112 valence electrons. The van der Waals surface area contributed by atoms with Crippen LogP contribution in [0.3, 0.4) is 0 Å². The van der Waals surface area contributed by atoms with Crippen LogP contribution < -0.4 is 4.74 Å². The number of aromatic nitrogens is 1. The molecule has 2 aromatic rings. The number of ether oxygens (including phenoxy) is 1. The van der Waals surface area contributed by atoms with Gasteiger partial charge in [0.25, 0.3) is 0 Å². The van der Waals surface area contributed by atoms with E-state index in [1.54, 1.807) is 0 Å². The Morgan fingerprint density at radius 2 is 2.05 bits per heavy atom. The molecule has 0 saturated carbocycles. The van der Waals surface area contributed by atoms with E-state index in [1.165, 1.54) is 27.9 Å². The van der Waals surface area contributed by atoms with Crippen molar-refractivity contribution in [2.75, 3.05) is 19.7 Å². The minimum atomic E-state index is 0.715. The maximum Gasteiger partial charge on any atom is 0.197 e. The van der Waals surface area contributed by atoms with Gasteiger partial charge < -0.3 is 9.30 Å². The molecule has 0 amide bonds. The Hall–Kier alpha value is -1.77. The molecule has 3 nitrogen and oxygen atoms in total. The summed E-state index contributed by atoms with van der Waals surface area (Å²) in [4.78, 5) is 0. The predicted molar refractivity (Wildman–Crippen MR) is 87.9 cm³/mol. The van der Waals surface area contributed by atoms with Gasteiger partial charge in [0, 0.05) is 31.3 Å². The van der Waals surface area contributed by atoms with E-state index in [2.05, 4.69) is 48.1 Å². The summed E-state index contributed by atoms with van der Waals surface area (Å²) in [7, 11) is 0. The molecule has 0 fully saturated rings. The minimum Gasteiger partial charge on any atom is -0.494 e. The van der Waals surface area contributed by atoms with Gasteiger partial charge in [-0.15, -0.1) is 0 Å². The molecule has 0 spiro atoms. The largest absolute Gasteiger partial charge is 0.494 e. The van der Waals surface area contributed by atoms with E-state index in [0.29, 0.717) is 6.61 Å². The molecule has 0 aliphatic carbocycles. The molecule has 21 heavy (non-hydrogen) atoms. The third-order valence-electron chi connectivity index (χ3n) is 4.60. The summed E-state index contributed by atoms with van der Waals surface area (Å²) < 4.78 is 10.6. The Morgan fingerprint density at radius 3 is 2.71 bits per heavy atom. The second-order valence-electron chi connectivity index (χ2n) is 5.60. The quantitative estimate of drug-likeness (QED) is 0.786. The molecule has 1 aromatic heterocycles. The Morgan fingerprint density at radius 1 is 1.24 bits per heavy atom. The van der Waals surface area contributed by atoms with Crippen LogP contribution in [0.5, 0.6) is 5.75 Å². The lowest BCUT2D eigenvalue weighted by Crippen LogP contribution is -2.29. The van der Waals surface area contributed by atoms with Crippen LogP contribution >= 0.6 is 0 Å². The summed E-state index contributed by atoms with van der Waals surface area (Å²) in [5, 5.41) is 1.39. The van der Waals surface area contributed by atoms with Gasteiger partial charge in [-0.1, -0.05) is 0 Å². The fourth-order valence-electron chi connectivity index (χ4n) is 3.61. The molecule has 2 heterocycles. The first-order valence-corrected chi connectivity index (χ1v) is 8.08. The van der Waals surface area contributed by atoms with Gasteiger partial charge in [-0.3, -0.25) is 0 Å². The zero-order chi connectivity index (χ0) is 15.0. The van der Waals surface area contributed by atoms with Crippen LogP contribution in [0.15, 0.2) is 18.2 Å². The molecule has 1 aliphatic heterocycles. The van der Waals surface area contributed by atoms with E-state index in [9.17, 15) is 0 Å². The topological polar surface area (TPSA) is 17.2 Å². The fraction of sp³-hybridized carbons (Fsp3) is 0.500. The molecule has 0 bridgehead atoms. The van der Waals surface area contributed by atoms with E-state index < -0.39 is 0 Å². The van der Waals surface area contributed by atoms with Gasteiger partial charge in [0.1, 0.15) is 24.5 Å². The van der Waals surface area contributed by atoms with Crippen LogP contribution in [0.4, 0.5) is 0 Å². The van der Waals surface area contributed by atoms with Gasteiger partial charge in [-0.05, 0) is 38.5 Å². The van der Waals surface area contributed by atoms with Crippen molar-refractivity contribution in [2.45, 2.75) is 40.7 Å². The van der Waals surface area contributed by atoms with Crippen molar-refractivity contribution in [1.82, 2.24) is 4.57 Å². The van der Waals surface area contributed by atoms with E-state index in [1.807, 2.05) is 6.92 Å². The van der Waals surface area contributed by atoms with E-state index in [0.717, 1.165) is 31.8 Å². The molecule has 0 radical (unpaired) electrons. The van der Waals surface area contributed by atoms with E-state index >= 15 is 0 Å². The Kier molecular flexibility index (Phi) is 3.75. The number of hydrogen-bond acceptors (Lipinski definition) is 1. The normalized spacial score (nSPS) is 14.7. The summed E-state index contributed by atoms with van der Waals surface area (Å²) in [5.41, 5.74) is 5.66. The summed E-state index contributed by atoms with van der Waals surface area (Å²) in [5.74, 6) is 0.972. The maximum absolute atomic E-state index is 5.68. The predicted octanol–water partition coefficient (Wildman–Crippen LogP) is 3.46. The second-order valence-corrected chi connectivity index (χ2v) is 5.60. The lowest BCUT2D eigenvalue weighted by atomic mass is 10.0. The molecular formula is C18H25N2O+. The number of benzene rings is 1. The number of hydrogen-bond donors (Lipinski definition) is 0. The Labute approximate surface area is 126 Å². The molecular weight excluding hydrogens is 260 g/mol. The lowest BCUT2D eigenvalue weighted by Gasteiger charge is -2.15. The zero-order valence-corrected chi connectivity index (χ0v) is 13.6. The van der Waals surface area contributed by atoms with Crippen LogP contribution in [0.1, 0.15) is 39.0 Å². The number of likely N-dealkylation sites (N-methyl/N-ethyl adjacent to an activating group) is 1. The third-order valence-corrected chi connectivity index (χ3v) is 4.60. The highest BCUT2D eigenvalue weighted by atomic mass is 16.5. The molecule has 0 saturated heterocycles. The van der Waals surface area contributed by atoms with Crippen molar-refractivity contribution < 1.29 is 9.31 Å². The molecule has 0 atom stereocenters. The fourth-order valence-corrected chi connectivity index (χ4v) is 3.61. The SMILES string of the molecule is CCOc1ccc2c3c(n(CC)c2c1)C(C)=[N+](CC)CC3. The number of aryl methyl sites for hydroxylation is 1. The highest BCUT2D eigenvalue weighted by Crippen LogP contribution is 2.32. The first-order chi connectivity index (χ1) is 10.2. The van der Waals surface area contributed by atoms with E-state index in [4.69, 9.17) is 4.74 Å². The van der Waals surface area contributed by atoms with Crippen molar-refractivity contribution in [2.24, 2.45) is 0 Å². The molecule has 1 aromatic carbocycles. The van der Waals surface area contributed by atoms with Crippen molar-refractivity contribution in [3.8, 4) is 5.75 Å². The zero-order valence-electron chi connectivity index (χ0n) is 13.6. The van der Waals surface area contributed by atoms with Crippen LogP contribution in [0.25, 0.3) is 10.9 Å². The first kappa shape index (κ1) is 14.2. The van der Waals surface area contributed by atoms with Crippen molar-refractivity contribution >= 4 is 16.6 Å². The van der Waals surface area contributed by atoms with Crippen molar-refractivity contribution in [3.63, 3.8) is 0 Å². The summed E-state index contributed by atoms with van der Waals surface area (Å²) in [6.07, 6.45) is 1.14. The highest BCUT2D eigenvalue weighted by Gasteiger charge is 2.28. The van der Waals surface area contributed by atoms with Crippen LogP contribution in [0, 0.1) is 0 Å². The smallest absolute Gasteiger partial charge is 0.197 e. The van der Waals surface area contributed by atoms with Gasteiger partial charge in [0.15, 0.2) is 5.71 Å². The van der Waals surface area contributed by atoms with Gasteiger partial charge >= 0.3 is 0 Å². The standard InChI is InChI=1S/C18H25N2O/c1-5-19-11-10-16-15-9-8-14(21-7-3)12-17(15)20(6-2)18(16)13(19)4/h8-9,12H,5-7,10-11H2,1-4H3/q+1. The number of rotatable bonds is 4. The summed E-state index contributed by atoms with van der Waals surface area (Å²) >= 11 is 0. The highest BCUT2D eigenvalue weighted by molar-refractivity contribution is 6.03. The lowest BCUT2D eigenvalue weighted by molar-refractivity contribution is -0.525. The van der Waals surface area contributed by atoms with Crippen LogP contribution in [-0.2, 0) is 13.0 Å². The first-order valence-electron chi connectivity index (χ1n) is 8.08. The van der Waals surface area contributed by atoms with Gasteiger partial charge in [-0.2, -0.15) is 0 Å². The number of nitrogens with zero attached hydrogens (tertiary/aromatic N) is 2. The molecule has 3 rings (SSSR count). The third kappa shape index (κ3) is 2.15. The maximum atomic E-state index is 5.68. The average molecular weight is 285 g/mol. The summed E-state index contributed by atoms with van der Waals surface area (Å²) in [6, 6.07) is 6.54. The van der Waals surface area contributed by atoms with Crippen LogP contribution in [-0.4, -0.2) is 34.6 Å². The van der Waals surface area contributed by atoms with Crippen LogP contribution in [0.2, 0.25) is 0 Å². The minimum absolute atomic E-state index is 0.715. The van der Waals surface area contributed by atoms with Crippen molar-refractivity contribution in [1.29, 1.82) is 0 Å². The van der Waals surface area contributed by atoms with Gasteiger partial charge in [0.05, 0.1) is 12.1 Å². The second kappa shape index (κ2) is 5.55. The van der Waals surface area contributed by atoms with Gasteiger partial charge in [0.2, 0.25) is 0 Å². The molecule has 1 aliphatic rings. The molecule has 0 N–H and O–H groups in total. The van der Waals surface area contributed by atoms with E-state index in [-0.39, 0.29) is 0 Å². The molecule has 3 heteroatoms. The molecule has 0 unspecified atom stereocenters. The Balaban J connectivity index is 2.27. The average Bonchev–Trinajstić information content (AvgIpc) is 2.82. The van der Waals surface area contributed by atoms with Gasteiger partial charge in [-0.25, -0.2) is 4.58 Å². The summed E-state index contributed by atoms with van der Waals surface area (Å²) in [6.45, 7) is 12.7. The Bertz CT molecular complexity index is 710. The van der Waals surface area contributed by atoms with Crippen molar-refractivity contribution in [3.05, 3.63) is 29.5 Å². The monoisotopic (exact) mass is 285 g/mol. The number of fused-ring (bicyclic) bond motifs is 3.